The summed E-state index contributed by atoms with van der Waals surface area (Å²) in [4.78, 5) is 2.67. The van der Waals surface area contributed by atoms with Crippen LogP contribution < -0.4 is 5.32 Å². The minimum atomic E-state index is 0.698. The first-order valence-corrected chi connectivity index (χ1v) is 7.76. The first kappa shape index (κ1) is 13.1. The van der Waals surface area contributed by atoms with Gasteiger partial charge in [0.15, 0.2) is 0 Å². The first-order chi connectivity index (χ1) is 9.22. The first-order valence-electron chi connectivity index (χ1n) is 7.76. The summed E-state index contributed by atoms with van der Waals surface area (Å²) in [6.07, 6.45) is 2.59. The Balaban J connectivity index is 1.54. The highest BCUT2D eigenvalue weighted by atomic mass is 15.2. The van der Waals surface area contributed by atoms with Crippen LogP contribution in [-0.2, 0) is 6.42 Å². The summed E-state index contributed by atoms with van der Waals surface area (Å²) in [6, 6.07) is 9.65. The van der Waals surface area contributed by atoms with Crippen LogP contribution in [0.25, 0.3) is 0 Å². The van der Waals surface area contributed by atoms with E-state index in [1.165, 1.54) is 32.5 Å². The highest BCUT2D eigenvalue weighted by Crippen LogP contribution is 2.35. The Kier molecular flexibility index (Phi) is 3.90. The van der Waals surface area contributed by atoms with E-state index in [0.29, 0.717) is 6.04 Å². The lowest BCUT2D eigenvalue weighted by Gasteiger charge is -2.39. The largest absolute Gasteiger partial charge is 0.311 e. The van der Waals surface area contributed by atoms with Gasteiger partial charge in [0.1, 0.15) is 0 Å². The summed E-state index contributed by atoms with van der Waals surface area (Å²) in [5.74, 6) is 1.58. The van der Waals surface area contributed by atoms with Crippen molar-refractivity contribution in [3.8, 4) is 0 Å². The molecule has 0 aromatic heterocycles. The van der Waals surface area contributed by atoms with Crippen molar-refractivity contribution >= 4 is 0 Å². The molecule has 104 valence electrons. The molecular formula is C17H26N2. The molecule has 1 aliphatic carbocycles. The Hall–Kier alpha value is -0.860. The Bertz CT molecular complexity index is 427. The topological polar surface area (TPSA) is 15.3 Å². The SMILES string of the molecule is CC(C)CC1CN(CC2Cc3ccccc32)CCN1. The number of benzene rings is 1. The molecule has 1 aliphatic heterocycles. The average molecular weight is 258 g/mol. The summed E-state index contributed by atoms with van der Waals surface area (Å²) < 4.78 is 0. The fourth-order valence-electron chi connectivity index (χ4n) is 3.62. The lowest BCUT2D eigenvalue weighted by molar-refractivity contribution is 0.173. The van der Waals surface area contributed by atoms with Gasteiger partial charge in [0.05, 0.1) is 0 Å². The van der Waals surface area contributed by atoms with Crippen molar-refractivity contribution in [2.75, 3.05) is 26.2 Å². The monoisotopic (exact) mass is 258 g/mol. The van der Waals surface area contributed by atoms with Crippen molar-refractivity contribution in [1.82, 2.24) is 10.2 Å². The average Bonchev–Trinajstić information content (AvgIpc) is 2.36. The van der Waals surface area contributed by atoms with Crippen LogP contribution in [0.1, 0.15) is 37.3 Å². The summed E-state index contributed by atoms with van der Waals surface area (Å²) in [5.41, 5.74) is 3.17. The van der Waals surface area contributed by atoms with E-state index in [0.717, 1.165) is 18.4 Å². The number of rotatable bonds is 4. The smallest absolute Gasteiger partial charge is 0.0198 e. The van der Waals surface area contributed by atoms with Crippen LogP contribution in [0.2, 0.25) is 0 Å². The molecule has 1 aromatic rings. The fraction of sp³-hybridized carbons (Fsp3) is 0.647. The molecule has 1 N–H and O–H groups in total. The third kappa shape index (κ3) is 3.01. The maximum atomic E-state index is 3.67. The number of nitrogens with zero attached hydrogens (tertiary/aromatic N) is 1. The van der Waals surface area contributed by atoms with E-state index in [1.807, 2.05) is 0 Å². The van der Waals surface area contributed by atoms with Crippen molar-refractivity contribution in [1.29, 1.82) is 0 Å². The molecule has 0 radical (unpaired) electrons. The van der Waals surface area contributed by atoms with E-state index in [9.17, 15) is 0 Å². The number of fused-ring (bicyclic) bond motifs is 1. The van der Waals surface area contributed by atoms with E-state index in [1.54, 1.807) is 11.1 Å². The third-order valence-electron chi connectivity index (χ3n) is 4.54. The molecule has 19 heavy (non-hydrogen) atoms. The number of nitrogens with one attached hydrogen (secondary N) is 1. The fourth-order valence-corrected chi connectivity index (χ4v) is 3.62. The van der Waals surface area contributed by atoms with E-state index in [2.05, 4.69) is 48.3 Å². The van der Waals surface area contributed by atoms with E-state index in [-0.39, 0.29) is 0 Å². The van der Waals surface area contributed by atoms with Gasteiger partial charge in [-0.1, -0.05) is 38.1 Å². The van der Waals surface area contributed by atoms with E-state index < -0.39 is 0 Å². The molecule has 1 saturated heterocycles. The molecule has 0 bridgehead atoms. The zero-order chi connectivity index (χ0) is 13.2. The molecule has 1 fully saturated rings. The van der Waals surface area contributed by atoms with Gasteiger partial charge in [0.25, 0.3) is 0 Å². The normalized spacial score (nSPS) is 27.1. The lowest BCUT2D eigenvalue weighted by Crippen LogP contribution is -2.52. The van der Waals surface area contributed by atoms with Crippen LogP contribution in [-0.4, -0.2) is 37.1 Å². The molecule has 2 heteroatoms. The molecule has 0 saturated carbocycles. The van der Waals surface area contributed by atoms with Crippen LogP contribution in [0, 0.1) is 5.92 Å². The summed E-state index contributed by atoms with van der Waals surface area (Å²) in [6.45, 7) is 9.51. The highest BCUT2D eigenvalue weighted by Gasteiger charge is 2.29. The van der Waals surface area contributed by atoms with E-state index in [4.69, 9.17) is 0 Å². The molecule has 1 aromatic carbocycles. The summed E-state index contributed by atoms with van der Waals surface area (Å²) in [5, 5.41) is 3.67. The second-order valence-electron chi connectivity index (χ2n) is 6.64. The van der Waals surface area contributed by atoms with Crippen molar-refractivity contribution in [2.45, 2.75) is 38.6 Å². The van der Waals surface area contributed by atoms with Gasteiger partial charge < -0.3 is 5.32 Å². The van der Waals surface area contributed by atoms with Gasteiger partial charge >= 0.3 is 0 Å². The number of piperazine rings is 1. The van der Waals surface area contributed by atoms with E-state index >= 15 is 0 Å². The van der Waals surface area contributed by atoms with Crippen molar-refractivity contribution < 1.29 is 0 Å². The third-order valence-corrected chi connectivity index (χ3v) is 4.54. The Morgan fingerprint density at radius 1 is 1.32 bits per heavy atom. The number of hydrogen-bond acceptors (Lipinski definition) is 2. The highest BCUT2D eigenvalue weighted by molar-refractivity contribution is 5.40. The van der Waals surface area contributed by atoms with Crippen LogP contribution in [0.5, 0.6) is 0 Å². The molecule has 3 rings (SSSR count). The maximum Gasteiger partial charge on any atom is 0.0198 e. The van der Waals surface area contributed by atoms with Crippen molar-refractivity contribution in [3.05, 3.63) is 35.4 Å². The van der Waals surface area contributed by atoms with Crippen molar-refractivity contribution in [2.24, 2.45) is 5.92 Å². The van der Waals surface area contributed by atoms with Crippen LogP contribution in [0.4, 0.5) is 0 Å². The molecule has 1 heterocycles. The molecular weight excluding hydrogens is 232 g/mol. The summed E-state index contributed by atoms with van der Waals surface area (Å²) >= 11 is 0. The number of hydrogen-bond donors (Lipinski definition) is 1. The Labute approximate surface area is 117 Å². The summed E-state index contributed by atoms with van der Waals surface area (Å²) in [7, 11) is 0. The molecule has 0 spiro atoms. The quantitative estimate of drug-likeness (QED) is 0.893. The zero-order valence-corrected chi connectivity index (χ0v) is 12.2. The van der Waals surface area contributed by atoms with Gasteiger partial charge in [-0.3, -0.25) is 4.90 Å². The van der Waals surface area contributed by atoms with Gasteiger partial charge in [0.2, 0.25) is 0 Å². The van der Waals surface area contributed by atoms with Crippen LogP contribution >= 0.6 is 0 Å². The van der Waals surface area contributed by atoms with Crippen LogP contribution in [0.3, 0.4) is 0 Å². The van der Waals surface area contributed by atoms with Crippen molar-refractivity contribution in [3.63, 3.8) is 0 Å². The molecule has 2 atom stereocenters. The minimum absolute atomic E-state index is 0.698. The lowest BCUT2D eigenvalue weighted by atomic mass is 9.77. The molecule has 2 aliphatic rings. The maximum absolute atomic E-state index is 3.67. The molecule has 0 amide bonds. The zero-order valence-electron chi connectivity index (χ0n) is 12.2. The van der Waals surface area contributed by atoms with Gasteiger partial charge in [-0.15, -0.1) is 0 Å². The second-order valence-corrected chi connectivity index (χ2v) is 6.64. The molecule has 2 nitrogen and oxygen atoms in total. The Morgan fingerprint density at radius 3 is 2.95 bits per heavy atom. The van der Waals surface area contributed by atoms with Gasteiger partial charge in [-0.25, -0.2) is 0 Å². The minimum Gasteiger partial charge on any atom is -0.311 e. The standard InChI is InChI=1S/C17H26N2/c1-13(2)9-16-12-19(8-7-18-16)11-15-10-14-5-3-4-6-17(14)15/h3-6,13,15-16,18H,7-12H2,1-2H3. The van der Waals surface area contributed by atoms with Crippen LogP contribution in [0.15, 0.2) is 24.3 Å². The van der Waals surface area contributed by atoms with Gasteiger partial charge in [0, 0.05) is 38.1 Å². The molecule has 2 unspecified atom stereocenters. The Morgan fingerprint density at radius 2 is 2.16 bits per heavy atom. The second kappa shape index (κ2) is 5.64. The van der Waals surface area contributed by atoms with Gasteiger partial charge in [-0.2, -0.15) is 0 Å². The predicted molar refractivity (Wildman–Crippen MR) is 80.6 cm³/mol. The van der Waals surface area contributed by atoms with Gasteiger partial charge in [-0.05, 0) is 29.9 Å². The predicted octanol–water partition coefficient (Wildman–Crippen LogP) is 2.65.